The molecule has 0 aromatic heterocycles. The lowest BCUT2D eigenvalue weighted by Gasteiger charge is -2.10. The number of carbonyl (C=O) groups is 5. The molecule has 14 N–H and O–H groups in total. The number of aryl methyl sites for hydroxylation is 3. The summed E-state index contributed by atoms with van der Waals surface area (Å²) in [6.07, 6.45) is 7.95. The molecule has 12 aromatic rings. The zero-order valence-electron chi connectivity index (χ0n) is 69.7. The van der Waals surface area contributed by atoms with Crippen LogP contribution in [0.4, 0.5) is 0 Å². The van der Waals surface area contributed by atoms with Crippen LogP contribution in [0.3, 0.4) is 0 Å². The van der Waals surface area contributed by atoms with E-state index in [1.165, 1.54) is 86.9 Å². The van der Waals surface area contributed by atoms with Crippen LogP contribution in [0.2, 0.25) is 20.1 Å². The number of nitrogens with one attached hydrogen (secondary N) is 6. The molecule has 0 aliphatic carbocycles. The summed E-state index contributed by atoms with van der Waals surface area (Å²) in [4.78, 5) is 59.5. The molecule has 0 saturated carbocycles. The highest BCUT2D eigenvalue weighted by molar-refractivity contribution is 9.10. The SMILES string of the molecule is CCOc1cc(Cl)c(Cl)c(/C=N/NCc2ccccc2)c1O.CCOc1cc(Cl)cc(/C=N/NC(=O)c2ccccc2Br)c1O.CCOc1cc(Cl)cc(/C=N/NC(=O)c2ccccc2C)c1O.COc1cccc(/C=N/NC(=O)c2ccccc2C)c1O.Cc1ccccc1C(=O)N/N=C/c1cccc(O)c1O.O=C(N/N=C/c1cccc(O)c1O)c1ccccc1. The number of hydrogen-bond acceptors (Lipinski definition) is 24. The van der Waals surface area contributed by atoms with Crippen LogP contribution in [-0.2, 0) is 6.54 Å². The van der Waals surface area contributed by atoms with Gasteiger partial charge < -0.3 is 65.2 Å². The van der Waals surface area contributed by atoms with Crippen LogP contribution in [0.25, 0.3) is 0 Å². The van der Waals surface area contributed by atoms with Crippen LogP contribution < -0.4 is 51.5 Å². The van der Waals surface area contributed by atoms with E-state index in [0.717, 1.165) is 22.3 Å². The van der Waals surface area contributed by atoms with Gasteiger partial charge in [0.1, 0.15) is 0 Å². The lowest BCUT2D eigenvalue weighted by atomic mass is 10.1. The van der Waals surface area contributed by atoms with E-state index < -0.39 is 0 Å². The number of aromatic hydroxyl groups is 8. The van der Waals surface area contributed by atoms with Crippen molar-refractivity contribution in [3.63, 3.8) is 0 Å². The number of methoxy groups -OCH3 is 1. The largest absolute Gasteiger partial charge is 0.504 e. The number of hydrazone groups is 6. The topological polar surface area (TPSA) is 430 Å². The Morgan fingerprint density at radius 2 is 0.695 bits per heavy atom. The highest BCUT2D eigenvalue weighted by Crippen LogP contribution is 2.40. The number of carbonyl (C=O) groups excluding carboxylic acids is 5. The monoisotopic (exact) mass is 1880 g/mol. The molecular formula is C94H89BrCl4N12O17. The second-order valence-electron chi connectivity index (χ2n) is 26.1. The number of phenolic OH excluding ortho intramolecular Hbond substituents is 8. The van der Waals surface area contributed by atoms with E-state index in [-0.39, 0.29) is 97.8 Å². The maximum atomic E-state index is 12.0. The highest BCUT2D eigenvalue weighted by Gasteiger charge is 2.18. The molecule has 128 heavy (non-hydrogen) atoms. The molecule has 0 bridgehead atoms. The summed E-state index contributed by atoms with van der Waals surface area (Å²) in [5.41, 5.74) is 23.2. The van der Waals surface area contributed by atoms with Gasteiger partial charge in [-0.1, -0.05) is 180 Å². The lowest BCUT2D eigenvalue weighted by Crippen LogP contribution is -2.18. The van der Waals surface area contributed by atoms with Gasteiger partial charge in [0, 0.05) is 82.8 Å². The van der Waals surface area contributed by atoms with Gasteiger partial charge in [-0.05, 0) is 171 Å². The van der Waals surface area contributed by atoms with E-state index in [9.17, 15) is 64.8 Å². The second-order valence-corrected chi connectivity index (χ2v) is 28.6. The average Bonchev–Trinajstić information content (AvgIpc) is 0.475. The van der Waals surface area contributed by atoms with E-state index >= 15 is 0 Å². The van der Waals surface area contributed by atoms with Crippen molar-refractivity contribution in [2.75, 3.05) is 26.9 Å². The number of para-hydroxylation sites is 3. The van der Waals surface area contributed by atoms with Crippen LogP contribution in [0.1, 0.15) is 128 Å². The van der Waals surface area contributed by atoms with Gasteiger partial charge in [0.15, 0.2) is 69.0 Å². The molecule has 0 saturated heterocycles. The minimum absolute atomic E-state index is 0.0195. The molecule has 0 unspecified atom stereocenters. The first kappa shape index (κ1) is 100. The Hall–Kier alpha value is -15.0. The Bertz CT molecular complexity index is 5850. The smallest absolute Gasteiger partial charge is 0.272 e. The van der Waals surface area contributed by atoms with Gasteiger partial charge in [-0.25, -0.2) is 27.1 Å². The maximum Gasteiger partial charge on any atom is 0.272 e. The molecule has 0 heterocycles. The Balaban J connectivity index is 0.000000211. The van der Waals surface area contributed by atoms with Crippen molar-refractivity contribution in [1.29, 1.82) is 0 Å². The number of benzene rings is 12. The molecule has 662 valence electrons. The van der Waals surface area contributed by atoms with Crippen molar-refractivity contribution in [3.8, 4) is 69.0 Å². The van der Waals surface area contributed by atoms with Crippen molar-refractivity contribution < 1.29 is 83.8 Å². The second kappa shape index (κ2) is 52.6. The van der Waals surface area contributed by atoms with Crippen LogP contribution >= 0.6 is 62.3 Å². The third kappa shape index (κ3) is 31.4. The summed E-state index contributed by atoms with van der Waals surface area (Å²) in [5, 5.41) is 102. The van der Waals surface area contributed by atoms with Crippen molar-refractivity contribution in [3.05, 3.63) is 351 Å². The number of amides is 5. The first-order valence-electron chi connectivity index (χ1n) is 38.5. The van der Waals surface area contributed by atoms with E-state index in [4.69, 9.17) is 65.4 Å². The molecule has 0 spiro atoms. The number of rotatable bonds is 26. The first-order valence-corrected chi connectivity index (χ1v) is 40.9. The van der Waals surface area contributed by atoms with Gasteiger partial charge in [0.25, 0.3) is 29.5 Å². The third-order valence-electron chi connectivity index (χ3n) is 17.2. The van der Waals surface area contributed by atoms with Crippen molar-refractivity contribution in [2.45, 2.75) is 48.1 Å². The number of nitrogens with zero attached hydrogens (tertiary/aromatic N) is 6. The molecule has 0 aliphatic heterocycles. The first-order chi connectivity index (χ1) is 61.6. The zero-order valence-corrected chi connectivity index (χ0v) is 74.3. The summed E-state index contributed by atoms with van der Waals surface area (Å²) < 4.78 is 21.5. The standard InChI is InChI=1S/C17H17ClN2O3.C16H14BrClN2O3.C16H16Cl2N2O2.C16H16N2O3.C15H14N2O3.C14H12N2O3/c1-3-23-15-9-13(18)8-12(16(15)21)10-19-20-17(22)14-7-5-4-6-11(14)2;1-2-23-14-8-11(18)7-10(15(14)21)9-19-20-16(22)12-5-3-4-6-13(12)17;1-2-22-14-8-13(17)15(18)12(16(14)21)10-20-19-9-11-6-4-3-5-7-11;1-11-6-3-4-8-13(11)16(20)18-17-10-12-7-5-9-14(21-2)15(12)19;1-10-5-2-3-7-12(10)15(20)17-16-9-11-6-4-8-13(18)14(11)19;17-12-8-4-7-11(13(12)18)9-15-16-14(19)10-5-2-1-3-6-10/h4-10,21H,3H2,1-2H3,(H,20,22);3-9,21H,2H2,1H3,(H,20,22);3-8,10,19,21H,2,9H2,1H3;3-10,19H,1-2H3,(H,18,20);2-9,18-19H,1H3,(H,17,20);1-9,17-18H,(H,16,19)/b19-10+;19-9+;20-10+;17-10+;16-9+;15-9+. The summed E-state index contributed by atoms with van der Waals surface area (Å²) in [6, 6.07) is 68.6. The Morgan fingerprint density at radius 1 is 0.352 bits per heavy atom. The number of hydrogen-bond donors (Lipinski definition) is 14. The number of ether oxygens (including phenoxy) is 4. The number of halogens is 5. The van der Waals surface area contributed by atoms with Crippen molar-refractivity contribution in [2.24, 2.45) is 30.6 Å². The van der Waals surface area contributed by atoms with Gasteiger partial charge in [-0.15, -0.1) is 0 Å². The highest BCUT2D eigenvalue weighted by atomic mass is 79.9. The van der Waals surface area contributed by atoms with Crippen LogP contribution in [-0.4, -0.2) is 135 Å². The average molecular weight is 1880 g/mol. The van der Waals surface area contributed by atoms with Crippen LogP contribution in [0.5, 0.6) is 69.0 Å². The van der Waals surface area contributed by atoms with Gasteiger partial charge in [0.05, 0.1) is 91.9 Å². The molecular weight excluding hydrogens is 1790 g/mol. The quantitative estimate of drug-likeness (QED) is 0.0136. The molecule has 34 heteroatoms. The minimum Gasteiger partial charge on any atom is -0.504 e. The fourth-order valence-corrected chi connectivity index (χ4v) is 12.0. The molecule has 29 nitrogen and oxygen atoms in total. The molecule has 0 radical (unpaired) electrons. The minimum atomic E-state index is -0.375. The van der Waals surface area contributed by atoms with Gasteiger partial charge in [-0.2, -0.15) is 30.6 Å². The summed E-state index contributed by atoms with van der Waals surface area (Å²) in [5.74, 6) is -1.82. The summed E-state index contributed by atoms with van der Waals surface area (Å²) in [7, 11) is 1.47. The van der Waals surface area contributed by atoms with Gasteiger partial charge >= 0.3 is 0 Å². The van der Waals surface area contributed by atoms with E-state index in [2.05, 4.69) is 79.1 Å². The van der Waals surface area contributed by atoms with Crippen LogP contribution in [0, 0.1) is 20.8 Å². The van der Waals surface area contributed by atoms with Crippen molar-refractivity contribution >= 4 is 129 Å². The Labute approximate surface area is 765 Å². The molecule has 12 rings (SSSR count). The third-order valence-corrected chi connectivity index (χ3v) is 19.1. The fraction of sp³-hybridized carbons (Fsp3) is 0.117. The Morgan fingerprint density at radius 3 is 1.10 bits per heavy atom. The molecule has 0 atom stereocenters. The van der Waals surface area contributed by atoms with E-state index in [1.807, 2.05) is 107 Å². The Kier molecular flexibility index (Phi) is 41.2. The summed E-state index contributed by atoms with van der Waals surface area (Å²) in [6.45, 7) is 12.7. The van der Waals surface area contributed by atoms with Gasteiger partial charge in [-0.3, -0.25) is 24.0 Å². The van der Waals surface area contributed by atoms with Crippen LogP contribution in [0.15, 0.2) is 278 Å². The van der Waals surface area contributed by atoms with Crippen molar-refractivity contribution in [1.82, 2.24) is 32.6 Å². The predicted octanol–water partition coefficient (Wildman–Crippen LogP) is 18.2. The van der Waals surface area contributed by atoms with E-state index in [0.29, 0.717) is 113 Å². The predicted molar refractivity (Wildman–Crippen MR) is 502 cm³/mol. The number of phenols is 8. The lowest BCUT2D eigenvalue weighted by molar-refractivity contribution is 0.0946. The molecule has 0 fully saturated rings. The fourth-order valence-electron chi connectivity index (χ4n) is 10.7. The molecule has 12 aromatic carbocycles. The molecule has 5 amide bonds. The normalized spacial score (nSPS) is 10.7. The maximum absolute atomic E-state index is 12.0. The molecule has 0 aliphatic rings. The zero-order chi connectivity index (χ0) is 93.0. The summed E-state index contributed by atoms with van der Waals surface area (Å²) >= 11 is 27.4. The van der Waals surface area contributed by atoms with Gasteiger partial charge in [0.2, 0.25) is 0 Å². The van der Waals surface area contributed by atoms with E-state index in [1.54, 1.807) is 135 Å².